The third-order valence-electron chi connectivity index (χ3n) is 3.08. The molecule has 1 fully saturated rings. The van der Waals surface area contributed by atoms with Gasteiger partial charge in [-0.25, -0.2) is 8.42 Å². The maximum Gasteiger partial charge on any atom is 0.243 e. The summed E-state index contributed by atoms with van der Waals surface area (Å²) in [6.45, 7) is 2.17. The van der Waals surface area contributed by atoms with Crippen LogP contribution >= 0.6 is 15.9 Å². The van der Waals surface area contributed by atoms with Crippen LogP contribution in [0.5, 0.6) is 0 Å². The highest BCUT2D eigenvalue weighted by Crippen LogP contribution is 2.28. The topological polar surface area (TPSA) is 92.5 Å². The molecule has 0 spiro atoms. The molecule has 6 nitrogen and oxygen atoms in total. The first-order valence-electron chi connectivity index (χ1n) is 6.13. The van der Waals surface area contributed by atoms with Crippen LogP contribution in [0.4, 0.5) is 5.69 Å². The Morgan fingerprint density at radius 1 is 1.50 bits per heavy atom. The van der Waals surface area contributed by atoms with Crippen molar-refractivity contribution in [2.45, 2.75) is 24.3 Å². The van der Waals surface area contributed by atoms with E-state index in [1.807, 2.05) is 0 Å². The number of carbonyl (C=O) groups is 1. The summed E-state index contributed by atoms with van der Waals surface area (Å²) >= 11 is 3.27. The number of sulfonamides is 1. The van der Waals surface area contributed by atoms with Crippen LogP contribution in [-0.4, -0.2) is 37.8 Å². The second kappa shape index (κ2) is 5.80. The number of hydrogen-bond donors (Lipinski definition) is 2. The average molecular weight is 362 g/mol. The van der Waals surface area contributed by atoms with E-state index >= 15 is 0 Å². The van der Waals surface area contributed by atoms with Crippen LogP contribution in [0.1, 0.15) is 13.3 Å². The highest BCUT2D eigenvalue weighted by Gasteiger charge is 2.31. The predicted octanol–water partition coefficient (Wildman–Crippen LogP) is 1.13. The molecule has 1 aliphatic heterocycles. The van der Waals surface area contributed by atoms with Crippen molar-refractivity contribution in [2.75, 3.05) is 18.4 Å². The van der Waals surface area contributed by atoms with Gasteiger partial charge >= 0.3 is 0 Å². The molecule has 0 radical (unpaired) electrons. The fourth-order valence-corrected chi connectivity index (χ4v) is 4.24. The predicted molar refractivity (Wildman–Crippen MR) is 79.8 cm³/mol. The molecule has 0 saturated carbocycles. The molecule has 1 aliphatic rings. The fraction of sp³-hybridized carbons (Fsp3) is 0.417. The van der Waals surface area contributed by atoms with Gasteiger partial charge < -0.3 is 11.1 Å². The molecule has 1 aromatic carbocycles. The van der Waals surface area contributed by atoms with Crippen LogP contribution < -0.4 is 11.1 Å². The molecule has 8 heteroatoms. The first kappa shape index (κ1) is 15.4. The summed E-state index contributed by atoms with van der Waals surface area (Å²) in [5.74, 6) is -0.216. The molecule has 20 heavy (non-hydrogen) atoms. The maximum absolute atomic E-state index is 12.4. The molecule has 0 unspecified atom stereocenters. The Morgan fingerprint density at radius 3 is 2.70 bits per heavy atom. The van der Waals surface area contributed by atoms with Gasteiger partial charge in [0, 0.05) is 30.5 Å². The molecule has 1 aromatic rings. The van der Waals surface area contributed by atoms with Gasteiger partial charge in [0.05, 0.1) is 10.6 Å². The van der Waals surface area contributed by atoms with E-state index in [9.17, 15) is 13.2 Å². The molecule has 0 aromatic heterocycles. The molecular weight excluding hydrogens is 346 g/mol. The molecule has 2 rings (SSSR count). The Bertz CT molecular complexity index is 633. The summed E-state index contributed by atoms with van der Waals surface area (Å²) < 4.78 is 26.8. The monoisotopic (exact) mass is 361 g/mol. The molecule has 1 saturated heterocycles. The van der Waals surface area contributed by atoms with Crippen molar-refractivity contribution < 1.29 is 13.2 Å². The highest BCUT2D eigenvalue weighted by molar-refractivity contribution is 9.10. The summed E-state index contributed by atoms with van der Waals surface area (Å²) in [4.78, 5) is 11.2. The Balaban J connectivity index is 2.29. The first-order valence-corrected chi connectivity index (χ1v) is 8.37. The van der Waals surface area contributed by atoms with E-state index in [2.05, 4.69) is 21.2 Å². The van der Waals surface area contributed by atoms with E-state index in [0.717, 1.165) is 0 Å². The number of rotatable bonds is 3. The number of nitrogens with one attached hydrogen (secondary N) is 1. The molecule has 1 atom stereocenters. The van der Waals surface area contributed by atoms with E-state index in [4.69, 9.17) is 5.73 Å². The lowest BCUT2D eigenvalue weighted by Crippen LogP contribution is -2.32. The van der Waals surface area contributed by atoms with Crippen LogP contribution in [0.25, 0.3) is 0 Å². The van der Waals surface area contributed by atoms with Crippen LogP contribution in [0.15, 0.2) is 27.6 Å². The number of anilines is 1. The smallest absolute Gasteiger partial charge is 0.243 e. The zero-order valence-electron chi connectivity index (χ0n) is 11.0. The zero-order chi connectivity index (χ0) is 14.9. The van der Waals surface area contributed by atoms with Gasteiger partial charge in [0.2, 0.25) is 15.9 Å². The van der Waals surface area contributed by atoms with Crippen LogP contribution in [0.2, 0.25) is 0 Å². The van der Waals surface area contributed by atoms with E-state index in [-0.39, 0.29) is 16.8 Å². The minimum absolute atomic E-state index is 0.105. The van der Waals surface area contributed by atoms with Gasteiger partial charge in [-0.2, -0.15) is 4.31 Å². The molecule has 110 valence electrons. The van der Waals surface area contributed by atoms with Crippen molar-refractivity contribution >= 4 is 37.5 Å². The number of amides is 1. The van der Waals surface area contributed by atoms with Crippen LogP contribution in [-0.2, 0) is 14.8 Å². The van der Waals surface area contributed by atoms with Gasteiger partial charge in [0.25, 0.3) is 0 Å². The lowest BCUT2D eigenvalue weighted by atomic mass is 10.3. The lowest BCUT2D eigenvalue weighted by molar-refractivity contribution is -0.114. The fourth-order valence-electron chi connectivity index (χ4n) is 2.07. The Labute approximate surface area is 126 Å². The van der Waals surface area contributed by atoms with E-state index in [0.29, 0.717) is 29.7 Å². The van der Waals surface area contributed by atoms with Gasteiger partial charge in [-0.05, 0) is 40.5 Å². The lowest BCUT2D eigenvalue weighted by Gasteiger charge is -2.16. The van der Waals surface area contributed by atoms with Crippen molar-refractivity contribution in [2.24, 2.45) is 5.73 Å². The molecular formula is C12H16BrN3O3S. The average Bonchev–Trinajstić information content (AvgIpc) is 2.78. The number of nitrogens with two attached hydrogens (primary N) is 1. The molecule has 3 N–H and O–H groups in total. The quantitative estimate of drug-likeness (QED) is 0.843. The van der Waals surface area contributed by atoms with Crippen LogP contribution in [0.3, 0.4) is 0 Å². The summed E-state index contributed by atoms with van der Waals surface area (Å²) in [5.41, 5.74) is 6.28. The van der Waals surface area contributed by atoms with Crippen molar-refractivity contribution in [3.63, 3.8) is 0 Å². The third-order valence-corrected chi connectivity index (χ3v) is 5.59. The normalized spacial score (nSPS) is 20.1. The first-order chi connectivity index (χ1) is 9.30. The second-order valence-corrected chi connectivity index (χ2v) is 7.53. The van der Waals surface area contributed by atoms with Crippen molar-refractivity contribution in [1.29, 1.82) is 0 Å². The Hall–Kier alpha value is -0.960. The van der Waals surface area contributed by atoms with Gasteiger partial charge in [0.15, 0.2) is 0 Å². The van der Waals surface area contributed by atoms with E-state index < -0.39 is 10.0 Å². The number of halogens is 1. The Morgan fingerprint density at radius 2 is 2.20 bits per heavy atom. The summed E-state index contributed by atoms with van der Waals surface area (Å²) in [5, 5.41) is 2.61. The van der Waals surface area contributed by atoms with E-state index in [1.165, 1.54) is 23.4 Å². The highest BCUT2D eigenvalue weighted by atomic mass is 79.9. The molecule has 0 aliphatic carbocycles. The van der Waals surface area contributed by atoms with Crippen molar-refractivity contribution in [3.8, 4) is 0 Å². The van der Waals surface area contributed by atoms with Gasteiger partial charge in [-0.15, -0.1) is 0 Å². The zero-order valence-corrected chi connectivity index (χ0v) is 13.4. The standard InChI is InChI=1S/C12H16BrN3O3S/c1-8(17)15-12-3-2-10(6-11(12)13)20(18,19)16-5-4-9(14)7-16/h2-3,6,9H,4-5,7,14H2,1H3,(H,15,17)/t9-/m1/s1. The molecule has 0 bridgehead atoms. The number of hydrogen-bond acceptors (Lipinski definition) is 4. The maximum atomic E-state index is 12.4. The SMILES string of the molecule is CC(=O)Nc1ccc(S(=O)(=O)N2CC[C@@H](N)C2)cc1Br. The number of benzene rings is 1. The van der Waals surface area contributed by atoms with Crippen molar-refractivity contribution in [1.82, 2.24) is 4.31 Å². The minimum Gasteiger partial charge on any atom is -0.326 e. The largest absolute Gasteiger partial charge is 0.326 e. The van der Waals surface area contributed by atoms with Crippen molar-refractivity contribution in [3.05, 3.63) is 22.7 Å². The van der Waals surface area contributed by atoms with Crippen LogP contribution in [0, 0.1) is 0 Å². The molecule has 1 amide bonds. The second-order valence-electron chi connectivity index (χ2n) is 4.73. The Kier molecular flexibility index (Phi) is 4.48. The minimum atomic E-state index is -3.53. The number of nitrogens with zero attached hydrogens (tertiary/aromatic N) is 1. The third kappa shape index (κ3) is 3.20. The van der Waals surface area contributed by atoms with Gasteiger partial charge in [0.1, 0.15) is 0 Å². The van der Waals surface area contributed by atoms with Gasteiger partial charge in [-0.3, -0.25) is 4.79 Å². The van der Waals surface area contributed by atoms with Gasteiger partial charge in [-0.1, -0.05) is 0 Å². The summed E-state index contributed by atoms with van der Waals surface area (Å²) in [6.07, 6.45) is 0.671. The summed E-state index contributed by atoms with van der Waals surface area (Å²) in [6, 6.07) is 4.43. The number of carbonyl (C=O) groups excluding carboxylic acids is 1. The molecule has 1 heterocycles. The summed E-state index contributed by atoms with van der Waals surface area (Å²) in [7, 11) is -3.53. The van der Waals surface area contributed by atoms with E-state index in [1.54, 1.807) is 6.07 Å².